The van der Waals surface area contributed by atoms with Crippen LogP contribution in [0.2, 0.25) is 0 Å². The molecule has 1 rings (SSSR count). The molecule has 1 fully saturated rings. The van der Waals surface area contributed by atoms with Crippen molar-refractivity contribution in [3.8, 4) is 0 Å². The Bertz CT molecular complexity index is 288. The highest BCUT2D eigenvalue weighted by Crippen LogP contribution is 2.06. The molecule has 1 saturated heterocycles. The van der Waals surface area contributed by atoms with E-state index in [0.29, 0.717) is 13.2 Å². The number of likely N-dealkylation sites (tertiary alicyclic amines) is 1. The lowest BCUT2D eigenvalue weighted by molar-refractivity contribution is -0.140. The fraction of sp³-hybridized carbons (Fsp3) is 0.833. The minimum Gasteiger partial charge on any atom is -0.480 e. The van der Waals surface area contributed by atoms with Gasteiger partial charge in [0.05, 0.1) is 0 Å². The first-order chi connectivity index (χ1) is 8.50. The van der Waals surface area contributed by atoms with Crippen molar-refractivity contribution in [2.75, 3.05) is 26.2 Å². The third-order valence-corrected chi connectivity index (χ3v) is 3.05. The summed E-state index contributed by atoms with van der Waals surface area (Å²) in [5, 5.41) is 11.3. The van der Waals surface area contributed by atoms with Gasteiger partial charge in [-0.25, -0.2) is 9.59 Å². The van der Waals surface area contributed by atoms with Crippen LogP contribution >= 0.6 is 0 Å². The van der Waals surface area contributed by atoms with Crippen LogP contribution in [0.5, 0.6) is 0 Å². The van der Waals surface area contributed by atoms with Gasteiger partial charge in [-0.3, -0.25) is 4.90 Å². The van der Waals surface area contributed by atoms with Gasteiger partial charge in [-0.1, -0.05) is 13.8 Å². The van der Waals surface area contributed by atoms with Crippen molar-refractivity contribution in [2.24, 2.45) is 5.92 Å². The number of carbonyl (C=O) groups excluding carboxylic acids is 1. The lowest BCUT2D eigenvalue weighted by Gasteiger charge is -2.18. The molecule has 0 bridgehead atoms. The molecule has 1 atom stereocenters. The Balaban J connectivity index is 2.21. The molecule has 6 nitrogen and oxygen atoms in total. The minimum absolute atomic E-state index is 0.173. The lowest BCUT2D eigenvalue weighted by atomic mass is 10.1. The molecule has 0 aliphatic carbocycles. The maximum absolute atomic E-state index is 11.4. The monoisotopic (exact) mass is 258 g/mol. The molecule has 0 unspecified atom stereocenters. The number of ether oxygens (including phenoxy) is 1. The predicted molar refractivity (Wildman–Crippen MR) is 66.4 cm³/mol. The Morgan fingerprint density at radius 3 is 2.44 bits per heavy atom. The first-order valence-electron chi connectivity index (χ1n) is 6.39. The fourth-order valence-corrected chi connectivity index (χ4v) is 1.96. The Kier molecular flexibility index (Phi) is 5.91. The molecule has 1 aliphatic rings. The number of hydrogen-bond donors (Lipinski definition) is 2. The third kappa shape index (κ3) is 4.91. The average molecular weight is 258 g/mol. The quantitative estimate of drug-likeness (QED) is 0.740. The summed E-state index contributed by atoms with van der Waals surface area (Å²) in [6.45, 7) is 6.60. The summed E-state index contributed by atoms with van der Waals surface area (Å²) in [6.07, 6.45) is 1.73. The summed E-state index contributed by atoms with van der Waals surface area (Å²) in [5.41, 5.74) is 0. The molecule has 0 aromatic rings. The van der Waals surface area contributed by atoms with E-state index in [-0.39, 0.29) is 5.92 Å². The van der Waals surface area contributed by atoms with Crippen LogP contribution in [-0.2, 0) is 9.53 Å². The van der Waals surface area contributed by atoms with Gasteiger partial charge >= 0.3 is 12.1 Å². The van der Waals surface area contributed by atoms with Gasteiger partial charge in [0.15, 0.2) is 0 Å². The smallest absolute Gasteiger partial charge is 0.407 e. The molecule has 6 heteroatoms. The van der Waals surface area contributed by atoms with Crippen molar-refractivity contribution in [1.82, 2.24) is 10.2 Å². The van der Waals surface area contributed by atoms with Gasteiger partial charge in [-0.15, -0.1) is 0 Å². The van der Waals surface area contributed by atoms with Gasteiger partial charge in [-0.05, 0) is 31.8 Å². The number of carboxylic acids is 1. The van der Waals surface area contributed by atoms with Crippen LogP contribution in [0.25, 0.3) is 0 Å². The number of aliphatic carboxylic acids is 1. The number of nitrogens with zero attached hydrogens (tertiary/aromatic N) is 1. The molecule has 2 N–H and O–H groups in total. The molecule has 18 heavy (non-hydrogen) atoms. The van der Waals surface area contributed by atoms with E-state index in [2.05, 4.69) is 10.2 Å². The van der Waals surface area contributed by atoms with E-state index in [1.807, 2.05) is 0 Å². The summed E-state index contributed by atoms with van der Waals surface area (Å²) in [7, 11) is 0. The van der Waals surface area contributed by atoms with Crippen molar-refractivity contribution in [1.29, 1.82) is 0 Å². The molecule has 0 spiro atoms. The van der Waals surface area contributed by atoms with Crippen molar-refractivity contribution in [3.05, 3.63) is 0 Å². The number of carbonyl (C=O) groups is 2. The first kappa shape index (κ1) is 14.8. The lowest BCUT2D eigenvalue weighted by Crippen LogP contribution is -2.45. The summed E-state index contributed by atoms with van der Waals surface area (Å²) >= 11 is 0. The number of hydrogen-bond acceptors (Lipinski definition) is 4. The van der Waals surface area contributed by atoms with Crippen molar-refractivity contribution < 1.29 is 19.4 Å². The van der Waals surface area contributed by atoms with Crippen molar-refractivity contribution in [3.63, 3.8) is 0 Å². The molecule has 1 aliphatic heterocycles. The Morgan fingerprint density at radius 2 is 1.94 bits per heavy atom. The van der Waals surface area contributed by atoms with E-state index in [9.17, 15) is 9.59 Å². The second-order valence-corrected chi connectivity index (χ2v) is 4.89. The molecule has 1 amide bonds. The van der Waals surface area contributed by atoms with E-state index in [1.165, 1.54) is 12.8 Å². The summed E-state index contributed by atoms with van der Waals surface area (Å²) < 4.78 is 4.98. The van der Waals surface area contributed by atoms with Crippen LogP contribution in [-0.4, -0.2) is 54.4 Å². The van der Waals surface area contributed by atoms with Crippen LogP contribution in [0.1, 0.15) is 26.7 Å². The zero-order chi connectivity index (χ0) is 13.5. The van der Waals surface area contributed by atoms with E-state index in [1.54, 1.807) is 13.8 Å². The topological polar surface area (TPSA) is 78.9 Å². The molecule has 0 saturated carbocycles. The second kappa shape index (κ2) is 7.20. The number of amides is 1. The number of carboxylic acid groups (broad SMARTS) is 1. The first-order valence-corrected chi connectivity index (χ1v) is 6.39. The normalized spacial score (nSPS) is 17.7. The molecule has 1 heterocycles. The maximum Gasteiger partial charge on any atom is 0.407 e. The van der Waals surface area contributed by atoms with Gasteiger partial charge in [0.25, 0.3) is 0 Å². The van der Waals surface area contributed by atoms with Crippen LogP contribution in [0.15, 0.2) is 0 Å². The Hall–Kier alpha value is -1.30. The molecule has 0 radical (unpaired) electrons. The standard InChI is InChI=1S/C12H22N2O4/c1-9(2)10(11(15)16)13-12(17)18-8-7-14-5-3-4-6-14/h9-10H,3-8H2,1-2H3,(H,13,17)(H,15,16)/t10-/m0/s1. The summed E-state index contributed by atoms with van der Waals surface area (Å²) in [4.78, 5) is 24.5. The highest BCUT2D eigenvalue weighted by molar-refractivity contribution is 5.80. The SMILES string of the molecule is CC(C)[C@H](NC(=O)OCCN1CCCC1)C(=O)O. The Morgan fingerprint density at radius 1 is 1.33 bits per heavy atom. The number of alkyl carbamates (subject to hydrolysis) is 1. The van der Waals surface area contributed by atoms with Gasteiger partial charge < -0.3 is 15.2 Å². The van der Waals surface area contributed by atoms with E-state index in [0.717, 1.165) is 13.1 Å². The average Bonchev–Trinajstić information content (AvgIpc) is 2.78. The molecule has 0 aromatic carbocycles. The molecular formula is C12H22N2O4. The Labute approximate surface area is 107 Å². The molecule has 0 aromatic heterocycles. The maximum atomic E-state index is 11.4. The van der Waals surface area contributed by atoms with E-state index in [4.69, 9.17) is 9.84 Å². The third-order valence-electron chi connectivity index (χ3n) is 3.05. The largest absolute Gasteiger partial charge is 0.480 e. The second-order valence-electron chi connectivity index (χ2n) is 4.89. The summed E-state index contributed by atoms with van der Waals surface area (Å²) in [6, 6.07) is -0.899. The molecule has 104 valence electrons. The minimum atomic E-state index is -1.04. The molecular weight excluding hydrogens is 236 g/mol. The van der Waals surface area contributed by atoms with Gasteiger partial charge in [0.1, 0.15) is 12.6 Å². The summed E-state index contributed by atoms with van der Waals surface area (Å²) in [5.74, 6) is -1.21. The fourth-order valence-electron chi connectivity index (χ4n) is 1.96. The zero-order valence-electron chi connectivity index (χ0n) is 11.0. The number of nitrogens with one attached hydrogen (secondary N) is 1. The van der Waals surface area contributed by atoms with Crippen molar-refractivity contribution >= 4 is 12.1 Å². The predicted octanol–water partition coefficient (Wildman–Crippen LogP) is 0.918. The van der Waals surface area contributed by atoms with Crippen LogP contribution in [0.3, 0.4) is 0 Å². The number of rotatable bonds is 6. The van der Waals surface area contributed by atoms with Gasteiger partial charge in [0, 0.05) is 6.54 Å². The highest BCUT2D eigenvalue weighted by Gasteiger charge is 2.24. The van der Waals surface area contributed by atoms with Crippen LogP contribution in [0.4, 0.5) is 4.79 Å². The van der Waals surface area contributed by atoms with E-state index >= 15 is 0 Å². The highest BCUT2D eigenvalue weighted by atomic mass is 16.5. The van der Waals surface area contributed by atoms with Crippen molar-refractivity contribution in [2.45, 2.75) is 32.7 Å². The van der Waals surface area contributed by atoms with Crippen LogP contribution < -0.4 is 5.32 Å². The van der Waals surface area contributed by atoms with E-state index < -0.39 is 18.1 Å². The zero-order valence-corrected chi connectivity index (χ0v) is 11.0. The van der Waals surface area contributed by atoms with Gasteiger partial charge in [-0.2, -0.15) is 0 Å². The van der Waals surface area contributed by atoms with Crippen LogP contribution in [0, 0.1) is 5.92 Å². The van der Waals surface area contributed by atoms with Gasteiger partial charge in [0.2, 0.25) is 0 Å².